The van der Waals surface area contributed by atoms with Crippen LogP contribution in [0.15, 0.2) is 44.3 Å². The molecule has 0 atom stereocenters. The van der Waals surface area contributed by atoms with E-state index in [1.54, 1.807) is 29.6 Å². The number of rotatable bonds is 5. The van der Waals surface area contributed by atoms with Gasteiger partial charge in [0, 0.05) is 6.21 Å². The Hall–Kier alpha value is -1.37. The lowest BCUT2D eigenvalue weighted by Crippen LogP contribution is -2.06. The van der Waals surface area contributed by atoms with Gasteiger partial charge in [-0.3, -0.25) is 0 Å². The molecule has 1 aromatic heterocycles. The highest BCUT2D eigenvalue weighted by Crippen LogP contribution is 2.26. The summed E-state index contributed by atoms with van der Waals surface area (Å²) in [6, 6.07) is 8.21. The summed E-state index contributed by atoms with van der Waals surface area (Å²) < 4.78 is 33.2. The fraction of sp³-hybridized carbons (Fsp3) is 0.214. The molecule has 0 aliphatic heterocycles. The minimum absolute atomic E-state index is 0.0150. The number of nitrogens with zero attached hydrogens (tertiary/aromatic N) is 1. The van der Waals surface area contributed by atoms with Crippen LogP contribution in [0.2, 0.25) is 5.02 Å². The molecule has 4 nitrogen and oxygen atoms in total. The Balaban J connectivity index is 2.21. The van der Waals surface area contributed by atoms with Crippen molar-refractivity contribution in [1.82, 2.24) is 0 Å². The molecule has 2 aromatic rings. The maximum Gasteiger partial charge on any atom is 0.291 e. The minimum Gasteiger partial charge on any atom is -0.489 e. The Labute approximate surface area is 133 Å². The minimum atomic E-state index is -3.64. The van der Waals surface area contributed by atoms with Crippen molar-refractivity contribution in [3.8, 4) is 5.75 Å². The molecule has 2 rings (SSSR count). The van der Waals surface area contributed by atoms with Crippen LogP contribution in [-0.2, 0) is 10.0 Å². The van der Waals surface area contributed by atoms with Crippen LogP contribution >= 0.6 is 22.9 Å². The van der Waals surface area contributed by atoms with Crippen molar-refractivity contribution < 1.29 is 13.2 Å². The van der Waals surface area contributed by atoms with Crippen LogP contribution in [0.5, 0.6) is 5.75 Å². The molecule has 7 heteroatoms. The van der Waals surface area contributed by atoms with Gasteiger partial charge in [-0.15, -0.1) is 11.3 Å². The molecule has 21 heavy (non-hydrogen) atoms. The van der Waals surface area contributed by atoms with E-state index < -0.39 is 10.0 Å². The van der Waals surface area contributed by atoms with Gasteiger partial charge in [0.25, 0.3) is 10.0 Å². The fourth-order valence-electron chi connectivity index (χ4n) is 1.54. The molecule has 0 N–H and O–H groups in total. The second-order valence-electron chi connectivity index (χ2n) is 4.50. The van der Waals surface area contributed by atoms with Crippen LogP contribution in [0.4, 0.5) is 0 Å². The summed E-state index contributed by atoms with van der Waals surface area (Å²) in [4.78, 5) is 0. The molecular formula is C14H14ClNO3S2. The number of thiophene rings is 1. The summed E-state index contributed by atoms with van der Waals surface area (Å²) in [6.07, 6.45) is 1.29. The Morgan fingerprint density at radius 2 is 2.10 bits per heavy atom. The van der Waals surface area contributed by atoms with Gasteiger partial charge in [0.05, 0.1) is 11.1 Å². The Morgan fingerprint density at radius 3 is 2.67 bits per heavy atom. The van der Waals surface area contributed by atoms with Crippen molar-refractivity contribution in [2.45, 2.75) is 24.2 Å². The van der Waals surface area contributed by atoms with Gasteiger partial charge in [0.15, 0.2) is 0 Å². The summed E-state index contributed by atoms with van der Waals surface area (Å²) in [5.74, 6) is 0.560. The average Bonchev–Trinajstić information content (AvgIpc) is 2.93. The summed E-state index contributed by atoms with van der Waals surface area (Å²) in [7, 11) is -3.64. The molecule has 0 unspecified atom stereocenters. The molecule has 0 aliphatic rings. The molecule has 1 aromatic carbocycles. The Morgan fingerprint density at radius 1 is 1.33 bits per heavy atom. The summed E-state index contributed by atoms with van der Waals surface area (Å²) in [6.45, 7) is 3.80. The first-order chi connectivity index (χ1) is 9.88. The SMILES string of the molecule is CC(C)Oc1ccc(/C=N\S(=O)(=O)c2cccs2)cc1Cl. The lowest BCUT2D eigenvalue weighted by Gasteiger charge is -2.11. The first-order valence-corrected chi connectivity index (χ1v) is 8.88. The third-order valence-corrected chi connectivity index (χ3v) is 5.31. The van der Waals surface area contributed by atoms with Crippen LogP contribution in [-0.4, -0.2) is 20.7 Å². The zero-order chi connectivity index (χ0) is 15.5. The normalized spacial score (nSPS) is 12.2. The lowest BCUT2D eigenvalue weighted by molar-refractivity contribution is 0.242. The smallest absolute Gasteiger partial charge is 0.291 e. The second-order valence-corrected chi connectivity index (χ2v) is 7.71. The molecule has 0 spiro atoms. The monoisotopic (exact) mass is 343 g/mol. The van der Waals surface area contributed by atoms with E-state index >= 15 is 0 Å². The van der Waals surface area contributed by atoms with Gasteiger partial charge in [0.1, 0.15) is 9.96 Å². The second kappa shape index (κ2) is 6.60. The van der Waals surface area contributed by atoms with Crippen molar-refractivity contribution in [3.05, 3.63) is 46.3 Å². The highest BCUT2D eigenvalue weighted by atomic mass is 35.5. The fourth-order valence-corrected chi connectivity index (χ4v) is 3.62. The van der Waals surface area contributed by atoms with Gasteiger partial charge in [-0.2, -0.15) is 12.8 Å². The molecule has 0 bridgehead atoms. The average molecular weight is 344 g/mol. The van der Waals surface area contributed by atoms with E-state index in [1.165, 1.54) is 12.3 Å². The van der Waals surface area contributed by atoms with E-state index in [0.717, 1.165) is 11.3 Å². The molecule has 0 amide bonds. The van der Waals surface area contributed by atoms with Crippen LogP contribution in [0, 0.1) is 0 Å². The standard InChI is InChI=1S/C14H14ClNO3S2/c1-10(2)19-13-6-5-11(8-12(13)15)9-16-21(17,18)14-4-3-7-20-14/h3-10H,1-2H3/b16-9-. The van der Waals surface area contributed by atoms with Gasteiger partial charge in [-0.25, -0.2) is 0 Å². The number of ether oxygens (including phenoxy) is 1. The number of benzene rings is 1. The molecule has 1 heterocycles. The number of hydrogen-bond donors (Lipinski definition) is 0. The molecular weight excluding hydrogens is 330 g/mol. The van der Waals surface area contributed by atoms with Crippen molar-refractivity contribution in [3.63, 3.8) is 0 Å². The molecule has 0 aliphatic carbocycles. The van der Waals surface area contributed by atoms with E-state index in [1.807, 2.05) is 13.8 Å². The number of hydrogen-bond acceptors (Lipinski definition) is 4. The van der Waals surface area contributed by atoms with Crippen LogP contribution < -0.4 is 4.74 Å². The highest BCUT2D eigenvalue weighted by Gasteiger charge is 2.12. The Bertz CT molecular complexity index is 738. The molecule has 0 fully saturated rings. The van der Waals surface area contributed by atoms with Gasteiger partial charge >= 0.3 is 0 Å². The summed E-state index contributed by atoms with van der Waals surface area (Å²) in [5, 5.41) is 2.11. The third-order valence-electron chi connectivity index (χ3n) is 2.41. The van der Waals surface area contributed by atoms with Gasteiger partial charge in [0.2, 0.25) is 0 Å². The van der Waals surface area contributed by atoms with Gasteiger partial charge in [-0.1, -0.05) is 17.7 Å². The zero-order valence-electron chi connectivity index (χ0n) is 11.5. The van der Waals surface area contributed by atoms with Crippen LogP contribution in [0.25, 0.3) is 0 Å². The quantitative estimate of drug-likeness (QED) is 0.771. The summed E-state index contributed by atoms with van der Waals surface area (Å²) in [5.41, 5.74) is 0.594. The van der Waals surface area contributed by atoms with Crippen LogP contribution in [0.3, 0.4) is 0 Å². The topological polar surface area (TPSA) is 55.7 Å². The summed E-state index contributed by atoms with van der Waals surface area (Å²) >= 11 is 7.22. The van der Waals surface area contributed by atoms with E-state index in [0.29, 0.717) is 16.3 Å². The van der Waals surface area contributed by atoms with E-state index in [2.05, 4.69) is 4.40 Å². The Kier molecular flexibility index (Phi) is 5.03. The first-order valence-electron chi connectivity index (χ1n) is 6.18. The molecule has 0 saturated carbocycles. The van der Waals surface area contributed by atoms with Crippen molar-refractivity contribution >= 4 is 39.2 Å². The highest BCUT2D eigenvalue weighted by molar-refractivity contribution is 7.92. The first kappa shape index (κ1) is 16.0. The van der Waals surface area contributed by atoms with E-state index in [4.69, 9.17) is 16.3 Å². The van der Waals surface area contributed by atoms with Crippen molar-refractivity contribution in [2.24, 2.45) is 4.40 Å². The predicted molar refractivity (Wildman–Crippen MR) is 86.3 cm³/mol. The van der Waals surface area contributed by atoms with E-state index in [-0.39, 0.29) is 10.3 Å². The number of halogens is 1. The predicted octanol–water partition coefficient (Wildman–Crippen LogP) is 4.00. The maximum absolute atomic E-state index is 11.9. The molecule has 0 radical (unpaired) electrons. The van der Waals surface area contributed by atoms with Crippen LogP contribution in [0.1, 0.15) is 19.4 Å². The largest absolute Gasteiger partial charge is 0.489 e. The van der Waals surface area contributed by atoms with Gasteiger partial charge in [-0.05, 0) is 49.1 Å². The number of sulfonamides is 1. The van der Waals surface area contributed by atoms with Crippen molar-refractivity contribution in [1.29, 1.82) is 0 Å². The maximum atomic E-state index is 11.9. The van der Waals surface area contributed by atoms with Crippen molar-refractivity contribution in [2.75, 3.05) is 0 Å². The zero-order valence-corrected chi connectivity index (χ0v) is 13.9. The van der Waals surface area contributed by atoms with Gasteiger partial charge < -0.3 is 4.74 Å². The molecule has 112 valence electrons. The van der Waals surface area contributed by atoms with E-state index in [9.17, 15) is 8.42 Å². The third kappa shape index (κ3) is 4.30. The molecule has 0 saturated heterocycles. The lowest BCUT2D eigenvalue weighted by atomic mass is 10.2.